The molecule has 0 aliphatic rings. The number of pyridine rings is 1. The summed E-state index contributed by atoms with van der Waals surface area (Å²) in [5.41, 5.74) is 3.88. The number of benzene rings is 2. The van der Waals surface area contributed by atoms with Gasteiger partial charge < -0.3 is 10.6 Å². The topological polar surface area (TPSA) is 71.1 Å². The van der Waals surface area contributed by atoms with Gasteiger partial charge in [-0.3, -0.25) is 9.59 Å². The Morgan fingerprint density at radius 2 is 1.27 bits per heavy atom. The molecule has 2 aromatic carbocycles. The Bertz CT molecular complexity index is 949. The minimum Gasteiger partial charge on any atom is -0.321 e. The van der Waals surface area contributed by atoms with E-state index in [1.807, 2.05) is 56.3 Å². The van der Waals surface area contributed by atoms with E-state index in [0.29, 0.717) is 11.4 Å². The number of anilines is 2. The maximum atomic E-state index is 12.4. The fourth-order valence-electron chi connectivity index (χ4n) is 2.44. The molecule has 0 saturated carbocycles. The van der Waals surface area contributed by atoms with Crippen molar-refractivity contribution in [3.05, 3.63) is 89.2 Å². The van der Waals surface area contributed by atoms with E-state index in [9.17, 15) is 9.59 Å². The molecule has 1 heterocycles. The molecule has 130 valence electrons. The predicted octanol–water partition coefficient (Wildman–Crippen LogP) is 4.20. The zero-order valence-electron chi connectivity index (χ0n) is 14.6. The van der Waals surface area contributed by atoms with Gasteiger partial charge in [0.1, 0.15) is 11.4 Å². The fourth-order valence-corrected chi connectivity index (χ4v) is 2.44. The van der Waals surface area contributed by atoms with Crippen molar-refractivity contribution in [1.82, 2.24) is 4.98 Å². The maximum absolute atomic E-state index is 12.4. The lowest BCUT2D eigenvalue weighted by molar-refractivity contribution is 0.101. The van der Waals surface area contributed by atoms with Crippen LogP contribution < -0.4 is 10.6 Å². The molecule has 0 atom stereocenters. The van der Waals surface area contributed by atoms with Gasteiger partial charge in [-0.2, -0.15) is 0 Å². The first-order chi connectivity index (χ1) is 12.5. The monoisotopic (exact) mass is 345 g/mol. The zero-order valence-corrected chi connectivity index (χ0v) is 14.6. The summed E-state index contributed by atoms with van der Waals surface area (Å²) >= 11 is 0. The number of aryl methyl sites for hydroxylation is 2. The van der Waals surface area contributed by atoms with Crippen LogP contribution in [0.4, 0.5) is 11.4 Å². The summed E-state index contributed by atoms with van der Waals surface area (Å²) in [6, 6.07) is 19.7. The Hall–Kier alpha value is -3.47. The lowest BCUT2D eigenvalue weighted by Gasteiger charge is -2.08. The number of carbonyl (C=O) groups excluding carboxylic acids is 2. The lowest BCUT2D eigenvalue weighted by atomic mass is 10.2. The van der Waals surface area contributed by atoms with E-state index in [4.69, 9.17) is 0 Å². The highest BCUT2D eigenvalue weighted by Gasteiger charge is 2.13. The van der Waals surface area contributed by atoms with E-state index < -0.39 is 0 Å². The second-order valence-corrected chi connectivity index (χ2v) is 6.05. The largest absolute Gasteiger partial charge is 0.321 e. The first-order valence-electron chi connectivity index (χ1n) is 8.24. The standard InChI is InChI=1S/C21H19N3O2/c1-14-9-11-16(12-10-14)22-20(25)18-7-4-8-19(24-18)21(26)23-17-6-3-5-15(2)13-17/h3-13H,1-2H3,(H,22,25)(H,23,26). The molecular formula is C21H19N3O2. The lowest BCUT2D eigenvalue weighted by Crippen LogP contribution is -2.18. The van der Waals surface area contributed by atoms with Crippen LogP contribution in [0.1, 0.15) is 32.1 Å². The smallest absolute Gasteiger partial charge is 0.274 e. The second-order valence-electron chi connectivity index (χ2n) is 6.05. The normalized spacial score (nSPS) is 10.2. The molecule has 0 radical (unpaired) electrons. The maximum Gasteiger partial charge on any atom is 0.274 e. The average Bonchev–Trinajstić information content (AvgIpc) is 2.64. The summed E-state index contributed by atoms with van der Waals surface area (Å²) < 4.78 is 0. The fraction of sp³-hybridized carbons (Fsp3) is 0.0952. The molecule has 3 aromatic rings. The second kappa shape index (κ2) is 7.61. The van der Waals surface area contributed by atoms with Gasteiger partial charge in [-0.15, -0.1) is 0 Å². The SMILES string of the molecule is Cc1ccc(NC(=O)c2cccc(C(=O)Nc3cccc(C)c3)n2)cc1. The molecule has 5 nitrogen and oxygen atoms in total. The van der Waals surface area contributed by atoms with Gasteiger partial charge in [0, 0.05) is 11.4 Å². The molecule has 0 saturated heterocycles. The zero-order chi connectivity index (χ0) is 18.5. The third-order valence-corrected chi connectivity index (χ3v) is 3.80. The van der Waals surface area contributed by atoms with Crippen LogP contribution in [-0.4, -0.2) is 16.8 Å². The number of rotatable bonds is 4. The van der Waals surface area contributed by atoms with Gasteiger partial charge in [-0.05, 0) is 55.8 Å². The highest BCUT2D eigenvalue weighted by atomic mass is 16.2. The van der Waals surface area contributed by atoms with E-state index in [1.54, 1.807) is 24.3 Å². The molecule has 2 amide bonds. The summed E-state index contributed by atoms with van der Waals surface area (Å²) in [5.74, 6) is -0.723. The summed E-state index contributed by atoms with van der Waals surface area (Å²) in [7, 11) is 0. The Morgan fingerprint density at radius 3 is 1.88 bits per heavy atom. The molecule has 0 spiro atoms. The number of hydrogen-bond donors (Lipinski definition) is 2. The molecule has 1 aromatic heterocycles. The summed E-state index contributed by atoms with van der Waals surface area (Å²) in [5, 5.41) is 5.56. The number of amides is 2. The number of nitrogens with zero attached hydrogens (tertiary/aromatic N) is 1. The molecule has 2 N–H and O–H groups in total. The van der Waals surface area contributed by atoms with Crippen molar-refractivity contribution in [3.8, 4) is 0 Å². The first-order valence-corrected chi connectivity index (χ1v) is 8.24. The van der Waals surface area contributed by atoms with Crippen molar-refractivity contribution in [1.29, 1.82) is 0 Å². The van der Waals surface area contributed by atoms with Gasteiger partial charge in [0.05, 0.1) is 0 Å². The van der Waals surface area contributed by atoms with Crippen molar-refractivity contribution in [3.63, 3.8) is 0 Å². The molecule has 26 heavy (non-hydrogen) atoms. The van der Waals surface area contributed by atoms with Crippen molar-refractivity contribution < 1.29 is 9.59 Å². The molecule has 5 heteroatoms. The highest BCUT2D eigenvalue weighted by molar-refractivity contribution is 6.06. The van der Waals surface area contributed by atoms with Crippen LogP contribution in [0.2, 0.25) is 0 Å². The third-order valence-electron chi connectivity index (χ3n) is 3.80. The first kappa shape index (κ1) is 17.4. The predicted molar refractivity (Wildman–Crippen MR) is 103 cm³/mol. The van der Waals surface area contributed by atoms with Crippen LogP contribution in [0.25, 0.3) is 0 Å². The summed E-state index contributed by atoms with van der Waals surface area (Å²) in [6.07, 6.45) is 0. The van der Waals surface area contributed by atoms with Gasteiger partial charge in [-0.1, -0.05) is 35.9 Å². The molecule has 0 aliphatic carbocycles. The summed E-state index contributed by atoms with van der Waals surface area (Å²) in [6.45, 7) is 3.92. The average molecular weight is 345 g/mol. The van der Waals surface area contributed by atoms with Crippen LogP contribution in [0.3, 0.4) is 0 Å². The van der Waals surface area contributed by atoms with Crippen LogP contribution in [0, 0.1) is 13.8 Å². The molecule has 0 aliphatic heterocycles. The van der Waals surface area contributed by atoms with E-state index in [-0.39, 0.29) is 23.2 Å². The number of carbonyl (C=O) groups is 2. The minimum absolute atomic E-state index is 0.183. The Labute approximate surface area is 152 Å². The quantitative estimate of drug-likeness (QED) is 0.744. The highest BCUT2D eigenvalue weighted by Crippen LogP contribution is 2.13. The van der Waals surface area contributed by atoms with E-state index >= 15 is 0 Å². The van der Waals surface area contributed by atoms with E-state index in [2.05, 4.69) is 15.6 Å². The molecule has 0 fully saturated rings. The third kappa shape index (κ3) is 4.33. The number of aromatic nitrogens is 1. The summed E-state index contributed by atoms with van der Waals surface area (Å²) in [4.78, 5) is 28.9. The number of hydrogen-bond acceptors (Lipinski definition) is 3. The van der Waals surface area contributed by atoms with Crippen molar-refractivity contribution in [2.24, 2.45) is 0 Å². The molecular weight excluding hydrogens is 326 g/mol. The van der Waals surface area contributed by atoms with Gasteiger partial charge in [0.25, 0.3) is 11.8 Å². The Morgan fingerprint density at radius 1 is 0.692 bits per heavy atom. The Balaban J connectivity index is 1.73. The van der Waals surface area contributed by atoms with Crippen LogP contribution >= 0.6 is 0 Å². The van der Waals surface area contributed by atoms with Gasteiger partial charge in [0.2, 0.25) is 0 Å². The van der Waals surface area contributed by atoms with Gasteiger partial charge in [-0.25, -0.2) is 4.98 Å². The minimum atomic E-state index is -0.362. The molecule has 0 bridgehead atoms. The van der Waals surface area contributed by atoms with Gasteiger partial charge >= 0.3 is 0 Å². The van der Waals surface area contributed by atoms with E-state index in [1.165, 1.54) is 0 Å². The van der Waals surface area contributed by atoms with Gasteiger partial charge in [0.15, 0.2) is 0 Å². The van der Waals surface area contributed by atoms with Crippen molar-refractivity contribution >= 4 is 23.2 Å². The Kier molecular flexibility index (Phi) is 5.08. The van der Waals surface area contributed by atoms with Crippen molar-refractivity contribution in [2.75, 3.05) is 10.6 Å². The van der Waals surface area contributed by atoms with E-state index in [0.717, 1.165) is 11.1 Å². The number of nitrogens with one attached hydrogen (secondary N) is 2. The van der Waals surface area contributed by atoms with Crippen LogP contribution in [-0.2, 0) is 0 Å². The van der Waals surface area contributed by atoms with Crippen LogP contribution in [0.15, 0.2) is 66.7 Å². The van der Waals surface area contributed by atoms with Crippen molar-refractivity contribution in [2.45, 2.75) is 13.8 Å². The molecule has 3 rings (SSSR count). The van der Waals surface area contributed by atoms with Crippen LogP contribution in [0.5, 0.6) is 0 Å². The molecule has 0 unspecified atom stereocenters.